The van der Waals surface area contributed by atoms with E-state index in [1.54, 1.807) is 25.2 Å². The smallest absolute Gasteiger partial charge is 0.255 e. The second-order valence-electron chi connectivity index (χ2n) is 6.81. The Kier molecular flexibility index (Phi) is 5.82. The fourth-order valence-electron chi connectivity index (χ4n) is 3.36. The highest BCUT2D eigenvalue weighted by molar-refractivity contribution is 7.89. The van der Waals surface area contributed by atoms with Crippen molar-refractivity contribution in [3.63, 3.8) is 0 Å². The Labute approximate surface area is 159 Å². The second-order valence-corrected chi connectivity index (χ2v) is 8.81. The van der Waals surface area contributed by atoms with Crippen molar-refractivity contribution in [1.82, 2.24) is 4.31 Å². The van der Waals surface area contributed by atoms with Crippen LogP contribution in [0.2, 0.25) is 0 Å². The molecule has 0 heterocycles. The number of carbonyl (C=O) groups is 1. The fraction of sp³-hybridized carbons (Fsp3) is 0.350. The molecule has 27 heavy (non-hydrogen) atoms. The Bertz CT molecular complexity index is 904. The van der Waals surface area contributed by atoms with E-state index in [9.17, 15) is 18.3 Å². The Balaban J connectivity index is 1.74. The van der Waals surface area contributed by atoms with Crippen LogP contribution in [0.4, 0.5) is 5.69 Å². The molecule has 1 saturated carbocycles. The summed E-state index contributed by atoms with van der Waals surface area (Å²) in [6.45, 7) is 0. The molecule has 0 spiro atoms. The van der Waals surface area contributed by atoms with Crippen molar-refractivity contribution in [2.75, 3.05) is 12.4 Å². The first-order valence-electron chi connectivity index (χ1n) is 9.07. The zero-order valence-corrected chi connectivity index (χ0v) is 16.1. The summed E-state index contributed by atoms with van der Waals surface area (Å²) in [4.78, 5) is 12.5. The number of para-hydroxylation sites is 2. The average Bonchev–Trinajstić information content (AvgIpc) is 2.70. The molecule has 1 amide bonds. The van der Waals surface area contributed by atoms with E-state index in [-0.39, 0.29) is 16.7 Å². The number of aromatic hydroxyl groups is 1. The van der Waals surface area contributed by atoms with Crippen LogP contribution >= 0.6 is 0 Å². The molecule has 0 aromatic heterocycles. The number of nitrogens with zero attached hydrogens (tertiary/aromatic N) is 1. The summed E-state index contributed by atoms with van der Waals surface area (Å²) in [6, 6.07) is 12.3. The number of hydrogen-bond donors (Lipinski definition) is 2. The standard InChI is InChI=1S/C20H24N2O4S/c1-22(16-7-3-2-4-8-16)27(25,26)17-13-11-15(12-14-17)20(24)21-18-9-5-6-10-19(18)23/h5-6,9-14,16,23H,2-4,7-8H2,1H3,(H,21,24). The maximum Gasteiger partial charge on any atom is 0.255 e. The maximum absolute atomic E-state index is 12.8. The largest absolute Gasteiger partial charge is 0.506 e. The molecular formula is C20H24N2O4S. The van der Waals surface area contributed by atoms with E-state index in [0.29, 0.717) is 11.3 Å². The summed E-state index contributed by atoms with van der Waals surface area (Å²) in [6.07, 6.45) is 5.03. The zero-order chi connectivity index (χ0) is 19.4. The summed E-state index contributed by atoms with van der Waals surface area (Å²) >= 11 is 0. The second kappa shape index (κ2) is 8.10. The Hall–Kier alpha value is -2.38. The first kappa shape index (κ1) is 19.4. The molecule has 2 aromatic carbocycles. The molecule has 0 unspecified atom stereocenters. The molecule has 0 atom stereocenters. The van der Waals surface area contributed by atoms with E-state index in [1.165, 1.54) is 34.6 Å². The van der Waals surface area contributed by atoms with E-state index in [2.05, 4.69) is 5.32 Å². The van der Waals surface area contributed by atoms with Crippen LogP contribution in [-0.2, 0) is 10.0 Å². The number of benzene rings is 2. The van der Waals surface area contributed by atoms with Gasteiger partial charge in [-0.25, -0.2) is 8.42 Å². The molecule has 0 aliphatic heterocycles. The minimum absolute atomic E-state index is 0.0286. The van der Waals surface area contributed by atoms with Gasteiger partial charge in [-0.1, -0.05) is 31.4 Å². The SMILES string of the molecule is CN(C1CCCCC1)S(=O)(=O)c1ccc(C(=O)Nc2ccccc2O)cc1. The number of anilines is 1. The molecule has 144 valence electrons. The third-order valence-corrected chi connectivity index (χ3v) is 6.96. The number of phenolic OH excluding ortho intramolecular Hbond substituents is 1. The number of rotatable bonds is 5. The van der Waals surface area contributed by atoms with Gasteiger partial charge in [-0.2, -0.15) is 4.31 Å². The van der Waals surface area contributed by atoms with Crippen molar-refractivity contribution in [2.24, 2.45) is 0 Å². The van der Waals surface area contributed by atoms with Crippen LogP contribution in [0.3, 0.4) is 0 Å². The molecule has 3 rings (SSSR count). The van der Waals surface area contributed by atoms with Gasteiger partial charge >= 0.3 is 0 Å². The molecule has 7 heteroatoms. The number of phenols is 1. The van der Waals surface area contributed by atoms with Crippen LogP contribution < -0.4 is 5.32 Å². The lowest BCUT2D eigenvalue weighted by atomic mass is 9.96. The highest BCUT2D eigenvalue weighted by atomic mass is 32.2. The highest BCUT2D eigenvalue weighted by Gasteiger charge is 2.29. The number of sulfonamides is 1. The summed E-state index contributed by atoms with van der Waals surface area (Å²) in [5, 5.41) is 12.4. The summed E-state index contributed by atoms with van der Waals surface area (Å²) in [5.41, 5.74) is 0.619. The topological polar surface area (TPSA) is 86.7 Å². The van der Waals surface area contributed by atoms with Gasteiger partial charge in [0.1, 0.15) is 5.75 Å². The first-order valence-corrected chi connectivity index (χ1v) is 10.5. The molecule has 0 radical (unpaired) electrons. The molecule has 0 saturated heterocycles. The van der Waals surface area contributed by atoms with Gasteiger partial charge in [-0.3, -0.25) is 4.79 Å². The first-order chi connectivity index (χ1) is 12.9. The highest BCUT2D eigenvalue weighted by Crippen LogP contribution is 2.27. The number of hydrogen-bond acceptors (Lipinski definition) is 4. The normalized spacial score (nSPS) is 15.6. The van der Waals surface area contributed by atoms with Gasteiger partial charge in [0, 0.05) is 18.7 Å². The van der Waals surface area contributed by atoms with Crippen LogP contribution in [-0.4, -0.2) is 36.8 Å². The molecule has 1 aliphatic carbocycles. The number of carbonyl (C=O) groups excluding carboxylic acids is 1. The summed E-state index contributed by atoms with van der Waals surface area (Å²) < 4.78 is 27.1. The van der Waals surface area contributed by atoms with Gasteiger partial charge in [0.2, 0.25) is 10.0 Å². The lowest BCUT2D eigenvalue weighted by Crippen LogP contribution is -2.38. The molecule has 2 N–H and O–H groups in total. The van der Waals surface area contributed by atoms with E-state index >= 15 is 0 Å². The molecule has 0 bridgehead atoms. The van der Waals surface area contributed by atoms with Crippen molar-refractivity contribution in [2.45, 2.75) is 43.0 Å². The molecular weight excluding hydrogens is 364 g/mol. The van der Waals surface area contributed by atoms with Crippen LogP contribution in [0.25, 0.3) is 0 Å². The van der Waals surface area contributed by atoms with Crippen LogP contribution in [0.1, 0.15) is 42.5 Å². The van der Waals surface area contributed by atoms with Crippen molar-refractivity contribution in [3.8, 4) is 5.75 Å². The van der Waals surface area contributed by atoms with Gasteiger partial charge in [0.25, 0.3) is 5.91 Å². The maximum atomic E-state index is 12.8. The monoisotopic (exact) mass is 388 g/mol. The van der Waals surface area contributed by atoms with Gasteiger partial charge in [-0.05, 0) is 49.2 Å². The van der Waals surface area contributed by atoms with Crippen LogP contribution in [0.5, 0.6) is 5.75 Å². The Morgan fingerprint density at radius 1 is 1.04 bits per heavy atom. The van der Waals surface area contributed by atoms with Gasteiger partial charge in [0.15, 0.2) is 0 Å². The quantitative estimate of drug-likeness (QED) is 0.766. The van der Waals surface area contributed by atoms with E-state index in [4.69, 9.17) is 0 Å². The minimum Gasteiger partial charge on any atom is -0.506 e. The van der Waals surface area contributed by atoms with Crippen molar-refractivity contribution in [1.29, 1.82) is 0 Å². The van der Waals surface area contributed by atoms with E-state index in [1.807, 2.05) is 0 Å². The van der Waals surface area contributed by atoms with E-state index in [0.717, 1.165) is 32.1 Å². The van der Waals surface area contributed by atoms with Crippen molar-refractivity contribution in [3.05, 3.63) is 54.1 Å². The molecule has 2 aromatic rings. The summed E-state index contributed by atoms with van der Waals surface area (Å²) in [5.74, 6) is -0.444. The van der Waals surface area contributed by atoms with Crippen molar-refractivity contribution < 1.29 is 18.3 Å². The van der Waals surface area contributed by atoms with Crippen LogP contribution in [0.15, 0.2) is 53.4 Å². The number of nitrogens with one attached hydrogen (secondary N) is 1. The van der Waals surface area contributed by atoms with Gasteiger partial charge < -0.3 is 10.4 Å². The summed E-state index contributed by atoms with van der Waals surface area (Å²) in [7, 11) is -1.96. The lowest BCUT2D eigenvalue weighted by Gasteiger charge is -2.30. The third kappa shape index (κ3) is 4.31. The molecule has 1 fully saturated rings. The minimum atomic E-state index is -3.59. The Morgan fingerprint density at radius 3 is 2.30 bits per heavy atom. The zero-order valence-electron chi connectivity index (χ0n) is 15.3. The van der Waals surface area contributed by atoms with Gasteiger partial charge in [0.05, 0.1) is 10.6 Å². The fourth-order valence-corrected chi connectivity index (χ4v) is 4.78. The third-order valence-electron chi connectivity index (χ3n) is 5.03. The predicted octanol–water partition coefficient (Wildman–Crippen LogP) is 3.60. The predicted molar refractivity (Wildman–Crippen MR) is 104 cm³/mol. The van der Waals surface area contributed by atoms with Crippen molar-refractivity contribution >= 4 is 21.6 Å². The average molecular weight is 388 g/mol. The van der Waals surface area contributed by atoms with E-state index < -0.39 is 15.9 Å². The van der Waals surface area contributed by atoms with Crippen LogP contribution in [0, 0.1) is 0 Å². The molecule has 6 nitrogen and oxygen atoms in total. The molecule has 1 aliphatic rings. The Morgan fingerprint density at radius 2 is 1.67 bits per heavy atom. The lowest BCUT2D eigenvalue weighted by molar-refractivity contribution is 0.102. The number of amides is 1. The van der Waals surface area contributed by atoms with Gasteiger partial charge in [-0.15, -0.1) is 0 Å².